The Labute approximate surface area is 122 Å². The number of H-pyrrole nitrogens is 1. The van der Waals surface area contributed by atoms with E-state index in [1.165, 1.54) is 13.1 Å². The molecule has 4 atom stereocenters. The summed E-state index contributed by atoms with van der Waals surface area (Å²) in [7, 11) is 0. The van der Waals surface area contributed by atoms with Gasteiger partial charge in [0.15, 0.2) is 11.9 Å². The van der Waals surface area contributed by atoms with Crippen molar-refractivity contribution in [1.29, 1.82) is 0 Å². The number of aliphatic hydroxyl groups is 3. The summed E-state index contributed by atoms with van der Waals surface area (Å²) < 4.78 is 6.25. The van der Waals surface area contributed by atoms with Crippen LogP contribution in [0.25, 0.3) is 11.2 Å². The standard InChI is InChI=1S/C12H14N4O6/c1-4-10(20)14-9-5(13-4)2-16(12(21)15-9)11-8(19)7(18)6(3-17)22-11/h2,6-8,11,17-19H,3H2,1H3,(H,14,15,20,21)/t6-,7?,8+,11-/m1/s1. The van der Waals surface area contributed by atoms with E-state index in [4.69, 9.17) is 9.84 Å². The van der Waals surface area contributed by atoms with Crippen molar-refractivity contribution in [2.24, 2.45) is 0 Å². The summed E-state index contributed by atoms with van der Waals surface area (Å²) >= 11 is 0. The topological polar surface area (TPSA) is 151 Å². The number of fused-ring (bicyclic) bond motifs is 1. The highest BCUT2D eigenvalue weighted by Gasteiger charge is 2.43. The van der Waals surface area contributed by atoms with Gasteiger partial charge in [0.25, 0.3) is 5.56 Å². The van der Waals surface area contributed by atoms with Crippen molar-refractivity contribution < 1.29 is 20.1 Å². The molecule has 0 aromatic carbocycles. The van der Waals surface area contributed by atoms with Crippen LogP contribution in [0.4, 0.5) is 0 Å². The molecule has 0 bridgehead atoms. The van der Waals surface area contributed by atoms with E-state index in [0.717, 1.165) is 4.57 Å². The summed E-state index contributed by atoms with van der Waals surface area (Å²) in [6.45, 7) is 0.995. The Kier molecular flexibility index (Phi) is 3.53. The van der Waals surface area contributed by atoms with Crippen LogP contribution in [0.2, 0.25) is 0 Å². The number of ether oxygens (including phenoxy) is 1. The zero-order valence-electron chi connectivity index (χ0n) is 11.5. The zero-order chi connectivity index (χ0) is 16.0. The second-order valence-electron chi connectivity index (χ2n) is 5.04. The lowest BCUT2D eigenvalue weighted by Crippen LogP contribution is -2.36. The van der Waals surface area contributed by atoms with E-state index < -0.39 is 42.4 Å². The molecule has 22 heavy (non-hydrogen) atoms. The van der Waals surface area contributed by atoms with Crippen LogP contribution in [-0.2, 0) is 4.74 Å². The lowest BCUT2D eigenvalue weighted by atomic mass is 10.1. The molecule has 0 saturated carbocycles. The molecule has 1 aliphatic rings. The molecule has 10 heteroatoms. The lowest BCUT2D eigenvalue weighted by molar-refractivity contribution is -0.0547. The number of aromatic nitrogens is 4. The third-order valence-corrected chi connectivity index (χ3v) is 3.57. The Morgan fingerprint density at radius 3 is 2.68 bits per heavy atom. The Bertz CT molecular complexity index is 830. The van der Waals surface area contributed by atoms with Crippen LogP contribution < -0.4 is 11.2 Å². The van der Waals surface area contributed by atoms with Gasteiger partial charge in [-0.3, -0.25) is 9.36 Å². The van der Waals surface area contributed by atoms with Crippen molar-refractivity contribution in [3.63, 3.8) is 0 Å². The molecule has 0 spiro atoms. The predicted octanol–water partition coefficient (Wildman–Crippen LogP) is -2.60. The minimum absolute atomic E-state index is 0.0172. The largest absolute Gasteiger partial charge is 0.394 e. The van der Waals surface area contributed by atoms with Crippen molar-refractivity contribution in [3.8, 4) is 0 Å². The smallest absolute Gasteiger partial charge is 0.351 e. The Morgan fingerprint density at radius 2 is 2.05 bits per heavy atom. The molecule has 0 radical (unpaired) electrons. The molecule has 118 valence electrons. The summed E-state index contributed by atoms with van der Waals surface area (Å²) in [5.74, 6) is 0. The van der Waals surface area contributed by atoms with Crippen molar-refractivity contribution in [2.75, 3.05) is 6.61 Å². The van der Waals surface area contributed by atoms with Gasteiger partial charge in [-0.2, -0.15) is 4.98 Å². The molecule has 0 aliphatic carbocycles. The number of hydrogen-bond acceptors (Lipinski definition) is 8. The SMILES string of the molecule is Cc1nc2cn([C@@H]3O[C@H](CO)C(O)[C@@H]3O)c(=O)nc2[nH]c1=O. The van der Waals surface area contributed by atoms with E-state index in [-0.39, 0.29) is 16.9 Å². The highest BCUT2D eigenvalue weighted by atomic mass is 16.6. The highest BCUT2D eigenvalue weighted by Crippen LogP contribution is 2.28. The maximum absolute atomic E-state index is 12.0. The average Bonchev–Trinajstić information content (AvgIpc) is 2.76. The number of rotatable bonds is 2. The fourth-order valence-electron chi connectivity index (χ4n) is 2.35. The van der Waals surface area contributed by atoms with E-state index in [9.17, 15) is 19.8 Å². The number of aromatic amines is 1. The molecule has 1 unspecified atom stereocenters. The molecule has 10 nitrogen and oxygen atoms in total. The molecule has 1 saturated heterocycles. The van der Waals surface area contributed by atoms with Crippen LogP contribution >= 0.6 is 0 Å². The van der Waals surface area contributed by atoms with E-state index in [0.29, 0.717) is 0 Å². The first-order valence-corrected chi connectivity index (χ1v) is 6.54. The van der Waals surface area contributed by atoms with Crippen molar-refractivity contribution in [1.82, 2.24) is 19.5 Å². The fraction of sp³-hybridized carbons (Fsp3) is 0.500. The van der Waals surface area contributed by atoms with Crippen LogP contribution in [0.15, 0.2) is 15.8 Å². The minimum Gasteiger partial charge on any atom is -0.394 e. The van der Waals surface area contributed by atoms with Gasteiger partial charge in [0.2, 0.25) is 0 Å². The lowest BCUT2D eigenvalue weighted by Gasteiger charge is -2.17. The Morgan fingerprint density at radius 1 is 1.32 bits per heavy atom. The van der Waals surface area contributed by atoms with Gasteiger partial charge in [-0.15, -0.1) is 0 Å². The first-order chi connectivity index (χ1) is 10.4. The second kappa shape index (κ2) is 5.25. The van der Waals surface area contributed by atoms with Crippen LogP contribution in [-0.4, -0.2) is 59.8 Å². The summed E-state index contributed by atoms with van der Waals surface area (Å²) in [5, 5.41) is 28.8. The summed E-state index contributed by atoms with van der Waals surface area (Å²) in [4.78, 5) is 33.6. The third-order valence-electron chi connectivity index (χ3n) is 3.57. The molecule has 1 fully saturated rings. The quantitative estimate of drug-likeness (QED) is 0.471. The molecule has 3 rings (SSSR count). The predicted molar refractivity (Wildman–Crippen MR) is 72.2 cm³/mol. The number of aliphatic hydroxyl groups excluding tert-OH is 3. The highest BCUT2D eigenvalue weighted by molar-refractivity contribution is 5.67. The fourth-order valence-corrected chi connectivity index (χ4v) is 2.35. The maximum atomic E-state index is 12.0. The van der Waals surface area contributed by atoms with Crippen LogP contribution in [0, 0.1) is 6.92 Å². The van der Waals surface area contributed by atoms with Gasteiger partial charge in [0.1, 0.15) is 29.5 Å². The normalized spacial score (nSPS) is 28.4. The summed E-state index contributed by atoms with van der Waals surface area (Å²) in [6.07, 6.45) is -3.67. The Hall–Kier alpha value is -2.14. The molecule has 2 aromatic rings. The molecule has 1 aliphatic heterocycles. The van der Waals surface area contributed by atoms with Gasteiger partial charge < -0.3 is 25.0 Å². The van der Waals surface area contributed by atoms with E-state index in [1.807, 2.05) is 0 Å². The Balaban J connectivity index is 2.12. The van der Waals surface area contributed by atoms with Crippen molar-refractivity contribution >= 4 is 11.2 Å². The zero-order valence-corrected chi connectivity index (χ0v) is 11.5. The first kappa shape index (κ1) is 14.8. The van der Waals surface area contributed by atoms with Crippen LogP contribution in [0.1, 0.15) is 11.9 Å². The molecular formula is C12H14N4O6. The average molecular weight is 310 g/mol. The van der Waals surface area contributed by atoms with E-state index >= 15 is 0 Å². The monoisotopic (exact) mass is 310 g/mol. The van der Waals surface area contributed by atoms with Gasteiger partial charge in [-0.25, -0.2) is 9.78 Å². The number of nitrogens with one attached hydrogen (secondary N) is 1. The van der Waals surface area contributed by atoms with Crippen LogP contribution in [0.3, 0.4) is 0 Å². The third kappa shape index (κ3) is 2.22. The molecule has 3 heterocycles. The first-order valence-electron chi connectivity index (χ1n) is 6.54. The molecule has 4 N–H and O–H groups in total. The van der Waals surface area contributed by atoms with Gasteiger partial charge in [0.05, 0.1) is 6.61 Å². The van der Waals surface area contributed by atoms with Crippen LogP contribution in [0.5, 0.6) is 0 Å². The van der Waals surface area contributed by atoms with E-state index in [1.54, 1.807) is 0 Å². The maximum Gasteiger partial charge on any atom is 0.351 e. The number of nitrogens with zero attached hydrogens (tertiary/aromatic N) is 3. The van der Waals surface area contributed by atoms with E-state index in [2.05, 4.69) is 15.0 Å². The molecular weight excluding hydrogens is 296 g/mol. The van der Waals surface area contributed by atoms with Gasteiger partial charge in [-0.05, 0) is 6.92 Å². The van der Waals surface area contributed by atoms with Gasteiger partial charge in [0, 0.05) is 6.20 Å². The van der Waals surface area contributed by atoms with Gasteiger partial charge >= 0.3 is 5.69 Å². The van der Waals surface area contributed by atoms with Crippen molar-refractivity contribution in [2.45, 2.75) is 31.5 Å². The molecule has 2 aromatic heterocycles. The second-order valence-corrected chi connectivity index (χ2v) is 5.04. The van der Waals surface area contributed by atoms with Crippen molar-refractivity contribution in [3.05, 3.63) is 32.7 Å². The summed E-state index contributed by atoms with van der Waals surface area (Å²) in [5.41, 5.74) is -0.799. The molecule has 0 amide bonds. The number of aryl methyl sites for hydroxylation is 1. The summed E-state index contributed by atoms with van der Waals surface area (Å²) in [6, 6.07) is 0. The van der Waals surface area contributed by atoms with Gasteiger partial charge in [-0.1, -0.05) is 0 Å². The number of hydrogen-bond donors (Lipinski definition) is 4. The minimum atomic E-state index is -1.40.